The Hall–Kier alpha value is -1.03. The maximum atomic E-state index is 12.6. The summed E-state index contributed by atoms with van der Waals surface area (Å²) in [6, 6.07) is 4.42. The maximum absolute atomic E-state index is 12.6. The standard InChI is InChI=1S/C12H15F3N2O3S.ClH/c1-9-8-16-6-7-17(9)21(18,19)11-5-3-2-4-10(11)20-12(13,14)15;/h2-5,9,16H,6-8H2,1H3;1H/t9-;/m1./s1. The lowest BCUT2D eigenvalue weighted by Gasteiger charge is -2.33. The molecule has 10 heteroatoms. The summed E-state index contributed by atoms with van der Waals surface area (Å²) < 4.78 is 67.3. The molecule has 1 atom stereocenters. The number of hydrogen-bond acceptors (Lipinski definition) is 4. The Morgan fingerprint density at radius 2 is 1.95 bits per heavy atom. The molecule has 5 nitrogen and oxygen atoms in total. The van der Waals surface area contributed by atoms with E-state index in [0.717, 1.165) is 12.1 Å². The van der Waals surface area contributed by atoms with Gasteiger partial charge in [-0.3, -0.25) is 0 Å². The van der Waals surface area contributed by atoms with E-state index in [1.807, 2.05) is 0 Å². The number of para-hydroxylation sites is 1. The molecule has 0 bridgehead atoms. The molecule has 0 saturated carbocycles. The molecule has 1 fully saturated rings. The van der Waals surface area contributed by atoms with Gasteiger partial charge in [0.25, 0.3) is 0 Å². The average Bonchev–Trinajstić information content (AvgIpc) is 2.37. The van der Waals surface area contributed by atoms with Crippen LogP contribution >= 0.6 is 12.4 Å². The molecular formula is C12H16ClF3N2O3S. The van der Waals surface area contributed by atoms with E-state index in [4.69, 9.17) is 0 Å². The molecule has 0 aliphatic carbocycles. The fourth-order valence-corrected chi connectivity index (χ4v) is 3.93. The lowest BCUT2D eigenvalue weighted by molar-refractivity contribution is -0.275. The van der Waals surface area contributed by atoms with Crippen LogP contribution in [0.1, 0.15) is 6.92 Å². The first kappa shape index (κ1) is 19.0. The van der Waals surface area contributed by atoms with Gasteiger partial charge in [0.05, 0.1) is 0 Å². The van der Waals surface area contributed by atoms with Gasteiger partial charge in [-0.15, -0.1) is 25.6 Å². The molecule has 22 heavy (non-hydrogen) atoms. The molecule has 0 unspecified atom stereocenters. The quantitative estimate of drug-likeness (QED) is 0.895. The molecular weight excluding hydrogens is 345 g/mol. The van der Waals surface area contributed by atoms with Crippen molar-refractivity contribution in [2.75, 3.05) is 19.6 Å². The summed E-state index contributed by atoms with van der Waals surface area (Å²) in [6.45, 7) is 2.79. The zero-order valence-electron chi connectivity index (χ0n) is 11.6. The highest BCUT2D eigenvalue weighted by Crippen LogP contribution is 2.32. The number of hydrogen-bond donors (Lipinski definition) is 1. The van der Waals surface area contributed by atoms with E-state index in [1.54, 1.807) is 6.92 Å². The van der Waals surface area contributed by atoms with Crippen LogP contribution < -0.4 is 10.1 Å². The van der Waals surface area contributed by atoms with Crippen molar-refractivity contribution < 1.29 is 26.3 Å². The van der Waals surface area contributed by atoms with Crippen molar-refractivity contribution in [3.8, 4) is 5.75 Å². The number of piperazine rings is 1. The predicted molar refractivity (Wildman–Crippen MR) is 76.6 cm³/mol. The number of alkyl halides is 3. The summed E-state index contributed by atoms with van der Waals surface area (Å²) in [7, 11) is -4.05. The first-order valence-corrected chi connectivity index (χ1v) is 7.73. The smallest absolute Gasteiger partial charge is 0.404 e. The normalized spacial score (nSPS) is 20.3. The molecule has 1 aromatic carbocycles. The van der Waals surface area contributed by atoms with Crippen molar-refractivity contribution in [2.24, 2.45) is 0 Å². The van der Waals surface area contributed by atoms with Gasteiger partial charge in [-0.2, -0.15) is 4.31 Å². The van der Waals surface area contributed by atoms with Crippen LogP contribution in [0.2, 0.25) is 0 Å². The minimum atomic E-state index is -4.94. The van der Waals surface area contributed by atoms with Crippen LogP contribution in [0.25, 0.3) is 0 Å². The monoisotopic (exact) mass is 360 g/mol. The van der Waals surface area contributed by atoms with Gasteiger partial charge in [-0.05, 0) is 19.1 Å². The molecule has 1 aliphatic heterocycles. The Kier molecular flexibility index (Phi) is 6.08. The van der Waals surface area contributed by atoms with Gasteiger partial charge in [-0.25, -0.2) is 8.42 Å². The SMILES string of the molecule is C[C@@H]1CNCCN1S(=O)(=O)c1ccccc1OC(F)(F)F.Cl. The first-order valence-electron chi connectivity index (χ1n) is 6.29. The van der Waals surface area contributed by atoms with Gasteiger partial charge in [0.15, 0.2) is 0 Å². The molecule has 2 rings (SSSR count). The topological polar surface area (TPSA) is 58.6 Å². The van der Waals surface area contributed by atoms with Gasteiger partial charge in [0, 0.05) is 25.7 Å². The molecule has 0 amide bonds. The van der Waals surface area contributed by atoms with Crippen LogP contribution in [-0.2, 0) is 10.0 Å². The maximum Gasteiger partial charge on any atom is 0.573 e. The molecule has 1 aliphatic rings. The molecule has 1 N–H and O–H groups in total. The van der Waals surface area contributed by atoms with E-state index < -0.39 is 27.0 Å². The van der Waals surface area contributed by atoms with Crippen LogP contribution in [0, 0.1) is 0 Å². The van der Waals surface area contributed by atoms with Crippen molar-refractivity contribution >= 4 is 22.4 Å². The zero-order valence-corrected chi connectivity index (χ0v) is 13.3. The van der Waals surface area contributed by atoms with E-state index in [0.29, 0.717) is 13.1 Å². The number of rotatable bonds is 3. The molecule has 0 aromatic heterocycles. The van der Waals surface area contributed by atoms with Crippen molar-refractivity contribution in [1.29, 1.82) is 0 Å². The summed E-state index contributed by atoms with van der Waals surface area (Å²) in [5, 5.41) is 3.02. The number of sulfonamides is 1. The largest absolute Gasteiger partial charge is 0.573 e. The molecule has 1 heterocycles. The van der Waals surface area contributed by atoms with Crippen LogP contribution in [0.4, 0.5) is 13.2 Å². The number of nitrogens with one attached hydrogen (secondary N) is 1. The fourth-order valence-electron chi connectivity index (χ4n) is 2.18. The van der Waals surface area contributed by atoms with Gasteiger partial charge in [0.2, 0.25) is 10.0 Å². The highest BCUT2D eigenvalue weighted by Gasteiger charge is 2.37. The third-order valence-corrected chi connectivity index (χ3v) is 5.15. The number of ether oxygens (including phenoxy) is 1. The number of nitrogens with zero attached hydrogens (tertiary/aromatic N) is 1. The second-order valence-corrected chi connectivity index (χ2v) is 6.52. The highest BCUT2D eigenvalue weighted by atomic mass is 35.5. The molecule has 0 spiro atoms. The summed E-state index contributed by atoms with van der Waals surface area (Å²) >= 11 is 0. The first-order chi connectivity index (χ1) is 9.72. The van der Waals surface area contributed by atoms with Crippen LogP contribution in [0.15, 0.2) is 29.2 Å². The van der Waals surface area contributed by atoms with E-state index >= 15 is 0 Å². The second kappa shape index (κ2) is 7.03. The summed E-state index contributed by atoms with van der Waals surface area (Å²) in [6.07, 6.45) is -4.94. The minimum absolute atomic E-state index is 0. The third kappa shape index (κ3) is 4.25. The highest BCUT2D eigenvalue weighted by molar-refractivity contribution is 7.89. The number of halogens is 4. The van der Waals surface area contributed by atoms with E-state index in [2.05, 4.69) is 10.1 Å². The van der Waals surface area contributed by atoms with E-state index in [9.17, 15) is 21.6 Å². The Balaban J connectivity index is 0.00000242. The van der Waals surface area contributed by atoms with Gasteiger partial charge in [-0.1, -0.05) is 12.1 Å². The fraction of sp³-hybridized carbons (Fsp3) is 0.500. The Labute approximate surface area is 132 Å². The second-order valence-electron chi connectivity index (χ2n) is 4.66. The Morgan fingerprint density at radius 3 is 2.55 bits per heavy atom. The third-order valence-electron chi connectivity index (χ3n) is 3.10. The lowest BCUT2D eigenvalue weighted by Crippen LogP contribution is -2.52. The van der Waals surface area contributed by atoms with Crippen LogP contribution in [-0.4, -0.2) is 44.8 Å². The summed E-state index contributed by atoms with van der Waals surface area (Å²) in [5.41, 5.74) is 0. The minimum Gasteiger partial charge on any atom is -0.404 e. The molecule has 126 valence electrons. The van der Waals surface area contributed by atoms with Gasteiger partial charge < -0.3 is 10.1 Å². The van der Waals surface area contributed by atoms with Crippen LogP contribution in [0.3, 0.4) is 0 Å². The van der Waals surface area contributed by atoms with Crippen LogP contribution in [0.5, 0.6) is 5.75 Å². The number of benzene rings is 1. The lowest BCUT2D eigenvalue weighted by atomic mass is 10.3. The van der Waals surface area contributed by atoms with E-state index in [-0.39, 0.29) is 25.0 Å². The van der Waals surface area contributed by atoms with Crippen molar-refractivity contribution in [1.82, 2.24) is 9.62 Å². The van der Waals surface area contributed by atoms with Crippen molar-refractivity contribution in [3.63, 3.8) is 0 Å². The van der Waals surface area contributed by atoms with Crippen molar-refractivity contribution in [3.05, 3.63) is 24.3 Å². The summed E-state index contributed by atoms with van der Waals surface area (Å²) in [4.78, 5) is -0.476. The Bertz CT molecular complexity index is 610. The molecule has 1 aromatic rings. The average molecular weight is 361 g/mol. The molecule has 0 radical (unpaired) electrons. The van der Waals surface area contributed by atoms with Gasteiger partial charge in [0.1, 0.15) is 10.6 Å². The van der Waals surface area contributed by atoms with Gasteiger partial charge >= 0.3 is 6.36 Å². The predicted octanol–water partition coefficient (Wildman–Crippen LogP) is 1.99. The van der Waals surface area contributed by atoms with E-state index in [1.165, 1.54) is 16.4 Å². The van der Waals surface area contributed by atoms with Crippen molar-refractivity contribution in [2.45, 2.75) is 24.2 Å². The summed E-state index contributed by atoms with van der Waals surface area (Å²) in [5.74, 6) is -0.712. The zero-order chi connectivity index (χ0) is 15.7. The molecule has 1 saturated heterocycles. The Morgan fingerprint density at radius 1 is 1.32 bits per heavy atom.